The number of benzene rings is 1. The molecule has 4 aromatic heterocycles. The average Bonchev–Trinajstić information content (AvgIpc) is 3.29. The van der Waals surface area contributed by atoms with Crippen LogP contribution in [0.5, 0.6) is 0 Å². The molecule has 5 heteroatoms. The maximum absolute atomic E-state index is 6.12. The first-order valence-electron chi connectivity index (χ1n) is 8.41. The summed E-state index contributed by atoms with van der Waals surface area (Å²) >= 11 is 6.12. The van der Waals surface area contributed by atoms with Gasteiger partial charge in [0.05, 0.1) is 0 Å². The normalized spacial score (nSPS) is 11.6. The molecule has 4 heterocycles. The van der Waals surface area contributed by atoms with E-state index in [9.17, 15) is 0 Å². The Bertz CT molecular complexity index is 1130. The Labute approximate surface area is 154 Å². The highest BCUT2D eigenvalue weighted by Crippen LogP contribution is 2.38. The molecule has 2 N–H and O–H groups in total. The summed E-state index contributed by atoms with van der Waals surface area (Å²) in [5.74, 6) is 0.0446. The molecule has 4 nitrogen and oxygen atoms in total. The summed E-state index contributed by atoms with van der Waals surface area (Å²) in [6.07, 6.45) is 7.70. The third-order valence-corrected chi connectivity index (χ3v) is 5.04. The van der Waals surface area contributed by atoms with Crippen LogP contribution in [0.4, 0.5) is 0 Å². The van der Waals surface area contributed by atoms with Gasteiger partial charge in [-0.1, -0.05) is 23.7 Å². The molecule has 0 atom stereocenters. The zero-order valence-electron chi connectivity index (χ0n) is 13.8. The second-order valence-corrected chi connectivity index (χ2v) is 6.71. The number of nitrogens with zero attached hydrogens (tertiary/aromatic N) is 2. The number of rotatable bonds is 3. The molecule has 0 aliphatic carbocycles. The molecule has 0 radical (unpaired) electrons. The van der Waals surface area contributed by atoms with Gasteiger partial charge >= 0.3 is 0 Å². The van der Waals surface area contributed by atoms with Crippen molar-refractivity contribution in [2.24, 2.45) is 0 Å². The fourth-order valence-electron chi connectivity index (χ4n) is 3.61. The Kier molecular flexibility index (Phi) is 3.50. The number of H-pyrrole nitrogens is 2. The highest BCUT2D eigenvalue weighted by atomic mass is 35.5. The number of hydrogen-bond acceptors (Lipinski definition) is 2. The van der Waals surface area contributed by atoms with Gasteiger partial charge in [0.2, 0.25) is 0 Å². The number of halogens is 1. The lowest BCUT2D eigenvalue weighted by atomic mass is 9.85. The van der Waals surface area contributed by atoms with Crippen molar-refractivity contribution in [1.82, 2.24) is 19.9 Å². The molecule has 126 valence electrons. The van der Waals surface area contributed by atoms with E-state index in [0.717, 1.165) is 27.1 Å². The second-order valence-electron chi connectivity index (χ2n) is 6.27. The Morgan fingerprint density at radius 3 is 1.81 bits per heavy atom. The van der Waals surface area contributed by atoms with Crippen LogP contribution in [0.2, 0.25) is 5.02 Å². The van der Waals surface area contributed by atoms with Crippen LogP contribution < -0.4 is 0 Å². The van der Waals surface area contributed by atoms with E-state index in [1.165, 1.54) is 16.7 Å². The van der Waals surface area contributed by atoms with E-state index in [1.807, 2.05) is 36.7 Å². The zero-order chi connectivity index (χ0) is 17.5. The van der Waals surface area contributed by atoms with Gasteiger partial charge in [-0.3, -0.25) is 0 Å². The molecule has 0 fully saturated rings. The van der Waals surface area contributed by atoms with Crippen molar-refractivity contribution in [3.63, 3.8) is 0 Å². The van der Waals surface area contributed by atoms with E-state index in [2.05, 4.69) is 44.2 Å². The summed E-state index contributed by atoms with van der Waals surface area (Å²) in [5, 5.41) is 2.96. The second kappa shape index (κ2) is 6.00. The third kappa shape index (κ3) is 2.38. The van der Waals surface area contributed by atoms with Crippen LogP contribution in [0.1, 0.15) is 22.6 Å². The SMILES string of the molecule is Clc1ccc(C(c2c[nH]c3ncccc23)c2c[nH]c3ncccc23)cc1. The van der Waals surface area contributed by atoms with Gasteiger partial charge in [-0.05, 0) is 53.1 Å². The number of pyridine rings is 2. The smallest absolute Gasteiger partial charge is 0.137 e. The van der Waals surface area contributed by atoms with Crippen LogP contribution in [0.15, 0.2) is 73.3 Å². The molecular formula is C21H15ClN4. The summed E-state index contributed by atoms with van der Waals surface area (Å²) in [4.78, 5) is 15.5. The first-order valence-corrected chi connectivity index (χ1v) is 8.78. The van der Waals surface area contributed by atoms with Crippen LogP contribution in [0.3, 0.4) is 0 Å². The molecule has 1 aromatic carbocycles. The number of aromatic nitrogens is 4. The van der Waals surface area contributed by atoms with Crippen LogP contribution in [-0.2, 0) is 0 Å². The quantitative estimate of drug-likeness (QED) is 0.461. The van der Waals surface area contributed by atoms with E-state index in [-0.39, 0.29) is 5.92 Å². The number of aromatic amines is 2. The maximum Gasteiger partial charge on any atom is 0.137 e. The Morgan fingerprint density at radius 2 is 1.27 bits per heavy atom. The van der Waals surface area contributed by atoms with Crippen molar-refractivity contribution >= 4 is 33.7 Å². The lowest BCUT2D eigenvalue weighted by molar-refractivity contribution is 0.998. The molecule has 5 rings (SSSR count). The fourth-order valence-corrected chi connectivity index (χ4v) is 3.74. The molecule has 0 aliphatic rings. The molecular weight excluding hydrogens is 344 g/mol. The molecule has 0 spiro atoms. The number of fused-ring (bicyclic) bond motifs is 2. The van der Waals surface area contributed by atoms with Crippen molar-refractivity contribution in [1.29, 1.82) is 0 Å². The molecule has 5 aromatic rings. The first kappa shape index (κ1) is 15.2. The fraction of sp³-hybridized carbons (Fsp3) is 0.0476. The molecule has 0 saturated carbocycles. The Morgan fingerprint density at radius 1 is 0.731 bits per heavy atom. The predicted octanol–water partition coefficient (Wildman–Crippen LogP) is 5.27. The van der Waals surface area contributed by atoms with Gasteiger partial charge in [-0.25, -0.2) is 9.97 Å². The van der Waals surface area contributed by atoms with E-state index < -0.39 is 0 Å². The lowest BCUT2D eigenvalue weighted by Gasteiger charge is -2.17. The van der Waals surface area contributed by atoms with Crippen LogP contribution in [0, 0.1) is 0 Å². The van der Waals surface area contributed by atoms with Gasteiger partial charge < -0.3 is 9.97 Å². The molecule has 0 aliphatic heterocycles. The predicted molar refractivity (Wildman–Crippen MR) is 105 cm³/mol. The van der Waals surface area contributed by atoms with E-state index in [1.54, 1.807) is 12.4 Å². The molecule has 0 saturated heterocycles. The molecule has 0 amide bonds. The van der Waals surface area contributed by atoms with Crippen molar-refractivity contribution in [2.75, 3.05) is 0 Å². The maximum atomic E-state index is 6.12. The highest BCUT2D eigenvalue weighted by Gasteiger charge is 2.23. The number of hydrogen-bond donors (Lipinski definition) is 2. The monoisotopic (exact) mass is 358 g/mol. The summed E-state index contributed by atoms with van der Waals surface area (Å²) < 4.78 is 0. The Hall–Kier alpha value is -3.11. The lowest BCUT2D eigenvalue weighted by Crippen LogP contribution is -2.02. The summed E-state index contributed by atoms with van der Waals surface area (Å²) in [7, 11) is 0. The molecule has 0 unspecified atom stereocenters. The topological polar surface area (TPSA) is 57.4 Å². The minimum atomic E-state index is 0.0446. The summed E-state index contributed by atoms with van der Waals surface area (Å²) in [6.45, 7) is 0. The minimum Gasteiger partial charge on any atom is -0.346 e. The van der Waals surface area contributed by atoms with Crippen molar-refractivity contribution in [2.45, 2.75) is 5.92 Å². The third-order valence-electron chi connectivity index (χ3n) is 4.79. The minimum absolute atomic E-state index is 0.0446. The van der Waals surface area contributed by atoms with Gasteiger partial charge in [0, 0.05) is 46.5 Å². The van der Waals surface area contributed by atoms with Crippen LogP contribution in [0.25, 0.3) is 22.1 Å². The Balaban J connectivity index is 1.79. The standard InChI is InChI=1S/C21H15ClN4/c22-14-7-5-13(6-8-14)19(17-11-25-20-15(17)3-1-9-23-20)18-12-26-21-16(18)4-2-10-24-21/h1-12,19H,(H,23,25)(H,24,26). The van der Waals surface area contributed by atoms with Gasteiger partial charge in [-0.2, -0.15) is 0 Å². The van der Waals surface area contributed by atoms with Gasteiger partial charge in [0.25, 0.3) is 0 Å². The van der Waals surface area contributed by atoms with Crippen molar-refractivity contribution in [3.8, 4) is 0 Å². The van der Waals surface area contributed by atoms with Gasteiger partial charge in [-0.15, -0.1) is 0 Å². The summed E-state index contributed by atoms with van der Waals surface area (Å²) in [6, 6.07) is 16.2. The van der Waals surface area contributed by atoms with E-state index in [0.29, 0.717) is 0 Å². The van der Waals surface area contributed by atoms with E-state index in [4.69, 9.17) is 11.6 Å². The number of nitrogens with one attached hydrogen (secondary N) is 2. The molecule has 0 bridgehead atoms. The summed E-state index contributed by atoms with van der Waals surface area (Å²) in [5.41, 5.74) is 5.31. The van der Waals surface area contributed by atoms with E-state index >= 15 is 0 Å². The zero-order valence-corrected chi connectivity index (χ0v) is 14.5. The van der Waals surface area contributed by atoms with Crippen LogP contribution in [-0.4, -0.2) is 19.9 Å². The van der Waals surface area contributed by atoms with Gasteiger partial charge in [0.1, 0.15) is 11.3 Å². The average molecular weight is 359 g/mol. The van der Waals surface area contributed by atoms with Crippen LogP contribution >= 0.6 is 11.6 Å². The first-order chi connectivity index (χ1) is 12.8. The largest absolute Gasteiger partial charge is 0.346 e. The van der Waals surface area contributed by atoms with Gasteiger partial charge in [0.15, 0.2) is 0 Å². The van der Waals surface area contributed by atoms with Crippen molar-refractivity contribution in [3.05, 3.63) is 95.0 Å². The highest BCUT2D eigenvalue weighted by molar-refractivity contribution is 6.30. The molecule has 26 heavy (non-hydrogen) atoms. The van der Waals surface area contributed by atoms with Crippen molar-refractivity contribution < 1.29 is 0 Å².